The predicted octanol–water partition coefficient (Wildman–Crippen LogP) is -1.76. The number of hydrogen-bond donors (Lipinski definition) is 1. The second-order valence-corrected chi connectivity index (χ2v) is 5.42. The Morgan fingerprint density at radius 2 is 1.71 bits per heavy atom. The van der Waals surface area contributed by atoms with Gasteiger partial charge in [0.05, 0.1) is 19.3 Å². The molecule has 82 valence electrons. The van der Waals surface area contributed by atoms with Crippen molar-refractivity contribution in [2.45, 2.75) is 6.10 Å². The van der Waals surface area contributed by atoms with Gasteiger partial charge in [0.2, 0.25) is 0 Å². The molecular formula is C7H14N2O4S. The van der Waals surface area contributed by atoms with Crippen molar-refractivity contribution in [3.05, 3.63) is 0 Å². The van der Waals surface area contributed by atoms with E-state index in [1.807, 2.05) is 0 Å². The molecule has 6 nitrogen and oxygen atoms in total. The third-order valence-corrected chi connectivity index (χ3v) is 4.42. The molecule has 2 aliphatic heterocycles. The minimum absolute atomic E-state index is 0.222. The molecule has 0 aromatic carbocycles. The molecule has 0 radical (unpaired) electrons. The minimum Gasteiger partial charge on any atom is -0.390 e. The molecule has 0 unspecified atom stereocenters. The fourth-order valence-corrected chi connectivity index (χ4v) is 3.20. The summed E-state index contributed by atoms with van der Waals surface area (Å²) >= 11 is 0. The summed E-state index contributed by atoms with van der Waals surface area (Å²) in [5.74, 6) is 0. The number of rotatable bonds is 2. The van der Waals surface area contributed by atoms with Crippen molar-refractivity contribution in [1.82, 2.24) is 8.61 Å². The number of morpholine rings is 1. The summed E-state index contributed by atoms with van der Waals surface area (Å²) in [5.41, 5.74) is 0. The molecule has 1 N–H and O–H groups in total. The normalized spacial score (nSPS) is 27.5. The van der Waals surface area contributed by atoms with E-state index in [-0.39, 0.29) is 13.1 Å². The molecule has 0 saturated carbocycles. The number of ether oxygens (including phenoxy) is 1. The van der Waals surface area contributed by atoms with Crippen LogP contribution in [0.4, 0.5) is 0 Å². The molecule has 2 fully saturated rings. The van der Waals surface area contributed by atoms with Crippen LogP contribution in [0.25, 0.3) is 0 Å². The van der Waals surface area contributed by atoms with E-state index in [0.29, 0.717) is 26.3 Å². The van der Waals surface area contributed by atoms with E-state index in [2.05, 4.69) is 0 Å². The lowest BCUT2D eigenvalue weighted by atomic mass is 10.2. The van der Waals surface area contributed by atoms with Crippen LogP contribution in [0.3, 0.4) is 0 Å². The first-order chi connectivity index (χ1) is 6.60. The lowest BCUT2D eigenvalue weighted by Crippen LogP contribution is -2.59. The maximum atomic E-state index is 11.8. The Hall–Kier alpha value is -0.210. The third-order valence-electron chi connectivity index (χ3n) is 2.45. The van der Waals surface area contributed by atoms with Gasteiger partial charge < -0.3 is 9.84 Å². The lowest BCUT2D eigenvalue weighted by molar-refractivity contribution is 0.0392. The maximum Gasteiger partial charge on any atom is 0.282 e. The molecule has 2 saturated heterocycles. The van der Waals surface area contributed by atoms with E-state index < -0.39 is 16.3 Å². The van der Waals surface area contributed by atoms with Crippen molar-refractivity contribution in [3.8, 4) is 0 Å². The highest BCUT2D eigenvalue weighted by Crippen LogP contribution is 2.17. The first-order valence-electron chi connectivity index (χ1n) is 4.62. The number of aliphatic hydroxyl groups excluding tert-OH is 1. The van der Waals surface area contributed by atoms with Gasteiger partial charge >= 0.3 is 0 Å². The molecule has 0 amide bonds. The number of β-amino-alcohol motifs (C(OH)–C–C–N with tert-alkyl or cyclic N) is 1. The van der Waals surface area contributed by atoms with Gasteiger partial charge in [-0.05, 0) is 0 Å². The summed E-state index contributed by atoms with van der Waals surface area (Å²) < 4.78 is 31.4. The fraction of sp³-hybridized carbons (Fsp3) is 1.00. The van der Waals surface area contributed by atoms with Gasteiger partial charge in [0, 0.05) is 26.2 Å². The number of hydrogen-bond acceptors (Lipinski definition) is 4. The van der Waals surface area contributed by atoms with Gasteiger partial charge in [0.15, 0.2) is 0 Å². The van der Waals surface area contributed by atoms with Crippen molar-refractivity contribution in [2.24, 2.45) is 0 Å². The van der Waals surface area contributed by atoms with Crippen LogP contribution in [0, 0.1) is 0 Å². The Morgan fingerprint density at radius 3 is 2.21 bits per heavy atom. The second kappa shape index (κ2) is 3.74. The Labute approximate surface area is 83.2 Å². The monoisotopic (exact) mass is 222 g/mol. The SMILES string of the molecule is O=S(=O)(N1CCOCC1)N1CC(O)C1. The van der Waals surface area contributed by atoms with Gasteiger partial charge in [-0.2, -0.15) is 17.0 Å². The molecule has 0 aromatic heterocycles. The van der Waals surface area contributed by atoms with Crippen molar-refractivity contribution in [1.29, 1.82) is 0 Å². The average molecular weight is 222 g/mol. The topological polar surface area (TPSA) is 70.1 Å². The zero-order valence-electron chi connectivity index (χ0n) is 7.79. The van der Waals surface area contributed by atoms with Gasteiger partial charge in [-0.25, -0.2) is 0 Å². The summed E-state index contributed by atoms with van der Waals surface area (Å²) in [6, 6.07) is 0. The number of aliphatic hydroxyl groups is 1. The van der Waals surface area contributed by atoms with Crippen LogP contribution in [0.1, 0.15) is 0 Å². The van der Waals surface area contributed by atoms with Gasteiger partial charge in [-0.3, -0.25) is 0 Å². The van der Waals surface area contributed by atoms with Crippen LogP contribution in [0.2, 0.25) is 0 Å². The van der Waals surface area contributed by atoms with Gasteiger partial charge in [0.25, 0.3) is 10.2 Å². The Balaban J connectivity index is 2.00. The second-order valence-electron chi connectivity index (χ2n) is 3.49. The smallest absolute Gasteiger partial charge is 0.282 e. The van der Waals surface area contributed by atoms with Crippen LogP contribution in [-0.2, 0) is 14.9 Å². The molecular weight excluding hydrogens is 208 g/mol. The fourth-order valence-electron chi connectivity index (χ4n) is 1.55. The van der Waals surface area contributed by atoms with E-state index in [0.717, 1.165) is 0 Å². The Kier molecular flexibility index (Phi) is 2.76. The van der Waals surface area contributed by atoms with Crippen LogP contribution < -0.4 is 0 Å². The van der Waals surface area contributed by atoms with Crippen LogP contribution in [0.5, 0.6) is 0 Å². The summed E-state index contributed by atoms with van der Waals surface area (Å²) in [5, 5.41) is 9.03. The lowest BCUT2D eigenvalue weighted by Gasteiger charge is -2.39. The zero-order valence-corrected chi connectivity index (χ0v) is 8.61. The first-order valence-corrected chi connectivity index (χ1v) is 6.01. The maximum absolute atomic E-state index is 11.8. The summed E-state index contributed by atoms with van der Waals surface area (Å²) in [7, 11) is -3.33. The molecule has 0 aromatic rings. The molecule has 2 heterocycles. The summed E-state index contributed by atoms with van der Waals surface area (Å²) in [6.07, 6.45) is -0.495. The third kappa shape index (κ3) is 1.78. The summed E-state index contributed by atoms with van der Waals surface area (Å²) in [6.45, 7) is 2.18. The average Bonchev–Trinajstić information content (AvgIpc) is 2.14. The van der Waals surface area contributed by atoms with Crippen molar-refractivity contribution < 1.29 is 18.3 Å². The van der Waals surface area contributed by atoms with Crippen molar-refractivity contribution >= 4 is 10.2 Å². The molecule has 14 heavy (non-hydrogen) atoms. The molecule has 0 bridgehead atoms. The Bertz CT molecular complexity index is 293. The number of nitrogens with zero attached hydrogens (tertiary/aromatic N) is 2. The van der Waals surface area contributed by atoms with E-state index in [9.17, 15) is 8.42 Å². The quantitative estimate of drug-likeness (QED) is 0.601. The van der Waals surface area contributed by atoms with Crippen LogP contribution in [0.15, 0.2) is 0 Å². The largest absolute Gasteiger partial charge is 0.390 e. The van der Waals surface area contributed by atoms with Crippen molar-refractivity contribution in [3.63, 3.8) is 0 Å². The van der Waals surface area contributed by atoms with E-state index >= 15 is 0 Å². The molecule has 0 aliphatic carbocycles. The highest BCUT2D eigenvalue weighted by molar-refractivity contribution is 7.86. The standard InChI is InChI=1S/C7H14N2O4S/c10-7-5-9(6-7)14(11,12)8-1-3-13-4-2-8/h7,10H,1-6H2. The predicted molar refractivity (Wildman–Crippen MR) is 48.9 cm³/mol. The van der Waals surface area contributed by atoms with E-state index in [1.165, 1.54) is 8.61 Å². The van der Waals surface area contributed by atoms with Gasteiger partial charge in [-0.15, -0.1) is 0 Å². The van der Waals surface area contributed by atoms with Gasteiger partial charge in [0.1, 0.15) is 0 Å². The Morgan fingerprint density at radius 1 is 1.14 bits per heavy atom. The first kappa shape index (κ1) is 10.3. The van der Waals surface area contributed by atoms with Crippen LogP contribution >= 0.6 is 0 Å². The summed E-state index contributed by atoms with van der Waals surface area (Å²) in [4.78, 5) is 0. The zero-order chi connectivity index (χ0) is 10.2. The van der Waals surface area contributed by atoms with E-state index in [4.69, 9.17) is 9.84 Å². The minimum atomic E-state index is -3.33. The molecule has 7 heteroatoms. The molecule has 0 atom stereocenters. The van der Waals surface area contributed by atoms with Gasteiger partial charge in [-0.1, -0.05) is 0 Å². The molecule has 0 spiro atoms. The molecule has 2 aliphatic rings. The highest BCUT2D eigenvalue weighted by Gasteiger charge is 2.38. The van der Waals surface area contributed by atoms with E-state index in [1.54, 1.807) is 0 Å². The van der Waals surface area contributed by atoms with Crippen LogP contribution in [-0.4, -0.2) is 67.6 Å². The molecule has 2 rings (SSSR count). The highest BCUT2D eigenvalue weighted by atomic mass is 32.2. The van der Waals surface area contributed by atoms with Crippen molar-refractivity contribution in [2.75, 3.05) is 39.4 Å².